The highest BCUT2D eigenvalue weighted by Crippen LogP contribution is 2.21. The molecular weight excluding hydrogens is 392 g/mol. The molecule has 0 aromatic heterocycles. The van der Waals surface area contributed by atoms with E-state index in [0.717, 1.165) is 48.1 Å². The van der Waals surface area contributed by atoms with E-state index in [1.165, 1.54) is 4.90 Å². The average molecular weight is 418 g/mol. The van der Waals surface area contributed by atoms with E-state index >= 15 is 0 Å². The molecule has 2 atom stereocenters. The highest BCUT2D eigenvalue weighted by atomic mass is 79.9. The van der Waals surface area contributed by atoms with Crippen molar-refractivity contribution in [2.75, 3.05) is 20.1 Å². The monoisotopic (exact) mass is 417 g/mol. The van der Waals surface area contributed by atoms with Gasteiger partial charge in [0.05, 0.1) is 19.0 Å². The van der Waals surface area contributed by atoms with Crippen LogP contribution in [0.2, 0.25) is 0 Å². The van der Waals surface area contributed by atoms with E-state index in [1.807, 2.05) is 42.3 Å². The van der Waals surface area contributed by atoms with Crippen LogP contribution in [-0.2, 0) is 17.9 Å². The number of halogens is 1. The summed E-state index contributed by atoms with van der Waals surface area (Å²) in [6.07, 6.45) is 1.99. The topological polar surface area (TPSA) is 45.0 Å². The summed E-state index contributed by atoms with van der Waals surface area (Å²) in [4.78, 5) is 16.1. The van der Waals surface area contributed by atoms with Gasteiger partial charge >= 0.3 is 0 Å². The quantitative estimate of drug-likeness (QED) is 0.784. The number of nitrogens with zero attached hydrogens (tertiary/aromatic N) is 1. The summed E-state index contributed by atoms with van der Waals surface area (Å²) in [5.74, 6) is 0.613. The fourth-order valence-electron chi connectivity index (χ4n) is 3.73. The molecule has 1 heterocycles. The Morgan fingerprint density at radius 1 is 1.27 bits per heavy atom. The number of amides is 1. The summed E-state index contributed by atoms with van der Waals surface area (Å²) in [6.45, 7) is 3.26. The first-order valence-corrected chi connectivity index (χ1v) is 9.92. The lowest BCUT2D eigenvalue weighted by Crippen LogP contribution is -3.12. The molecule has 1 aliphatic rings. The van der Waals surface area contributed by atoms with E-state index in [1.54, 1.807) is 6.07 Å². The van der Waals surface area contributed by atoms with Crippen molar-refractivity contribution in [2.45, 2.75) is 25.9 Å². The largest absolute Gasteiger partial charge is 0.507 e. The first-order valence-electron chi connectivity index (χ1n) is 9.13. The SMILES string of the molecule is CN(Cc1ccccc1)C(=O)[C@H]1CCC[NH+](Cc2cc(Br)ccc2O)C1. The Labute approximate surface area is 163 Å². The summed E-state index contributed by atoms with van der Waals surface area (Å²) in [5.41, 5.74) is 2.09. The Morgan fingerprint density at radius 2 is 2.04 bits per heavy atom. The van der Waals surface area contributed by atoms with E-state index in [4.69, 9.17) is 0 Å². The molecule has 5 heteroatoms. The summed E-state index contributed by atoms with van der Waals surface area (Å²) in [7, 11) is 1.89. The van der Waals surface area contributed by atoms with Crippen LogP contribution in [0.3, 0.4) is 0 Å². The highest BCUT2D eigenvalue weighted by molar-refractivity contribution is 9.10. The fraction of sp³-hybridized carbons (Fsp3) is 0.381. The van der Waals surface area contributed by atoms with E-state index in [9.17, 15) is 9.90 Å². The normalized spacial score (nSPS) is 19.9. The van der Waals surface area contributed by atoms with Crippen LogP contribution in [0.4, 0.5) is 0 Å². The zero-order valence-electron chi connectivity index (χ0n) is 15.1. The van der Waals surface area contributed by atoms with Crippen molar-refractivity contribution in [2.24, 2.45) is 5.92 Å². The molecule has 1 saturated heterocycles. The molecule has 2 N–H and O–H groups in total. The minimum absolute atomic E-state index is 0.0572. The van der Waals surface area contributed by atoms with Gasteiger partial charge in [0.25, 0.3) is 0 Å². The standard InChI is InChI=1S/C21H25BrN2O2/c1-23(13-16-6-3-2-4-7-16)21(26)17-8-5-11-24(14-17)15-18-12-19(22)9-10-20(18)25/h2-4,6-7,9-10,12,17,25H,5,8,11,13-15H2,1H3/p+1/t17-/m0/s1. The first-order chi connectivity index (χ1) is 12.5. The van der Waals surface area contributed by atoms with Crippen LogP contribution in [0, 0.1) is 5.92 Å². The van der Waals surface area contributed by atoms with Gasteiger partial charge in [0, 0.05) is 23.6 Å². The lowest BCUT2D eigenvalue weighted by Gasteiger charge is -2.31. The molecule has 0 bridgehead atoms. The zero-order chi connectivity index (χ0) is 18.5. The van der Waals surface area contributed by atoms with Crippen molar-refractivity contribution in [3.05, 3.63) is 64.1 Å². The Bertz CT molecular complexity index is 751. The summed E-state index contributed by atoms with van der Waals surface area (Å²) in [6, 6.07) is 15.6. The second-order valence-corrected chi connectivity index (χ2v) is 8.09. The van der Waals surface area contributed by atoms with Gasteiger partial charge in [0.1, 0.15) is 12.3 Å². The minimum atomic E-state index is 0.0572. The van der Waals surface area contributed by atoms with Gasteiger partial charge in [0.15, 0.2) is 0 Å². The second-order valence-electron chi connectivity index (χ2n) is 7.17. The third-order valence-corrected chi connectivity index (χ3v) is 5.58. The second kappa shape index (κ2) is 8.69. The van der Waals surface area contributed by atoms with Crippen LogP contribution in [0.15, 0.2) is 53.0 Å². The molecule has 1 aliphatic heterocycles. The van der Waals surface area contributed by atoms with Crippen LogP contribution in [0.5, 0.6) is 5.75 Å². The van der Waals surface area contributed by atoms with Crippen molar-refractivity contribution < 1.29 is 14.8 Å². The van der Waals surface area contributed by atoms with Crippen molar-refractivity contribution in [1.82, 2.24) is 4.90 Å². The van der Waals surface area contributed by atoms with E-state index < -0.39 is 0 Å². The predicted octanol–water partition coefficient (Wildman–Crippen LogP) is 2.61. The molecule has 0 aliphatic carbocycles. The van der Waals surface area contributed by atoms with E-state index in [2.05, 4.69) is 28.1 Å². The third kappa shape index (κ3) is 4.86. The van der Waals surface area contributed by atoms with Crippen molar-refractivity contribution in [3.8, 4) is 5.75 Å². The maximum Gasteiger partial charge on any atom is 0.231 e. The lowest BCUT2D eigenvalue weighted by molar-refractivity contribution is -0.921. The number of hydrogen-bond acceptors (Lipinski definition) is 2. The molecule has 4 nitrogen and oxygen atoms in total. The molecule has 3 rings (SSSR count). The van der Waals surface area contributed by atoms with E-state index in [-0.39, 0.29) is 11.8 Å². The van der Waals surface area contributed by atoms with Crippen molar-refractivity contribution in [3.63, 3.8) is 0 Å². The zero-order valence-corrected chi connectivity index (χ0v) is 16.7. The van der Waals surface area contributed by atoms with Gasteiger partial charge in [-0.3, -0.25) is 4.79 Å². The summed E-state index contributed by atoms with van der Waals surface area (Å²) >= 11 is 3.47. The molecule has 2 aromatic carbocycles. The number of rotatable bonds is 5. The Hall–Kier alpha value is -1.85. The maximum absolute atomic E-state index is 12.9. The van der Waals surface area contributed by atoms with Crippen LogP contribution >= 0.6 is 15.9 Å². The van der Waals surface area contributed by atoms with Crippen LogP contribution in [0.1, 0.15) is 24.0 Å². The van der Waals surface area contributed by atoms with Crippen molar-refractivity contribution >= 4 is 21.8 Å². The predicted molar refractivity (Wildman–Crippen MR) is 106 cm³/mol. The molecule has 0 spiro atoms. The van der Waals surface area contributed by atoms with Gasteiger partial charge in [-0.15, -0.1) is 0 Å². The number of likely N-dealkylation sites (tertiary alicyclic amines) is 1. The number of hydrogen-bond donors (Lipinski definition) is 2. The summed E-state index contributed by atoms with van der Waals surface area (Å²) < 4.78 is 0.969. The first kappa shape index (κ1) is 18.9. The number of piperidine rings is 1. The fourth-order valence-corrected chi connectivity index (χ4v) is 4.14. The molecule has 2 aromatic rings. The van der Waals surface area contributed by atoms with Gasteiger partial charge in [-0.25, -0.2) is 0 Å². The number of phenolic OH excluding ortho intramolecular Hbond substituents is 1. The Kier molecular flexibility index (Phi) is 6.33. The Balaban J connectivity index is 1.60. The number of benzene rings is 2. The Morgan fingerprint density at radius 3 is 2.81 bits per heavy atom. The number of quaternary nitrogens is 1. The molecule has 1 amide bonds. The lowest BCUT2D eigenvalue weighted by atomic mass is 9.96. The van der Waals surface area contributed by atoms with Gasteiger partial charge in [0.2, 0.25) is 5.91 Å². The van der Waals surface area contributed by atoms with Gasteiger partial charge in [-0.2, -0.15) is 0 Å². The molecule has 138 valence electrons. The third-order valence-electron chi connectivity index (χ3n) is 5.09. The molecule has 0 radical (unpaired) electrons. The van der Waals surface area contributed by atoms with Crippen LogP contribution in [-0.4, -0.2) is 36.1 Å². The van der Waals surface area contributed by atoms with Gasteiger partial charge in [-0.1, -0.05) is 46.3 Å². The average Bonchev–Trinajstić information content (AvgIpc) is 2.65. The van der Waals surface area contributed by atoms with Crippen molar-refractivity contribution in [1.29, 1.82) is 0 Å². The molecule has 26 heavy (non-hydrogen) atoms. The number of phenols is 1. The molecular formula is C21H26BrN2O2+. The van der Waals surface area contributed by atoms with E-state index in [0.29, 0.717) is 12.3 Å². The van der Waals surface area contributed by atoms with Gasteiger partial charge in [-0.05, 0) is 36.6 Å². The smallest absolute Gasteiger partial charge is 0.231 e. The molecule has 1 unspecified atom stereocenters. The highest BCUT2D eigenvalue weighted by Gasteiger charge is 2.31. The minimum Gasteiger partial charge on any atom is -0.507 e. The molecule has 1 fully saturated rings. The number of carbonyl (C=O) groups is 1. The summed E-state index contributed by atoms with van der Waals surface area (Å²) in [5, 5.41) is 10.1. The number of carbonyl (C=O) groups excluding carboxylic acids is 1. The van der Waals surface area contributed by atoms with Gasteiger partial charge < -0.3 is 14.9 Å². The number of aromatic hydroxyl groups is 1. The van der Waals surface area contributed by atoms with Crippen LogP contribution < -0.4 is 4.90 Å². The maximum atomic E-state index is 12.9. The molecule has 0 saturated carbocycles. The number of nitrogens with one attached hydrogen (secondary N) is 1. The van der Waals surface area contributed by atoms with Crippen LogP contribution in [0.25, 0.3) is 0 Å².